The standard InChI is InChI=1S/C5H10SSe/c1-4(2)6-5(3)7/h4H,1-3H3. The molecule has 0 heterocycles. The van der Waals surface area contributed by atoms with Crippen LogP contribution in [-0.4, -0.2) is 24.6 Å². The molecule has 0 rings (SSSR count). The quantitative estimate of drug-likeness (QED) is 0.581. The third-order valence-corrected chi connectivity index (χ3v) is 1.81. The van der Waals surface area contributed by atoms with Crippen molar-refractivity contribution < 1.29 is 0 Å². The first-order valence-electron chi connectivity index (χ1n) is 2.30. The molecule has 0 saturated carbocycles. The van der Waals surface area contributed by atoms with Crippen molar-refractivity contribution >= 4 is 31.1 Å². The van der Waals surface area contributed by atoms with Crippen molar-refractivity contribution in [3.63, 3.8) is 0 Å². The Morgan fingerprint density at radius 3 is 2.00 bits per heavy atom. The van der Waals surface area contributed by atoms with Crippen LogP contribution in [0.3, 0.4) is 0 Å². The summed E-state index contributed by atoms with van der Waals surface area (Å²) in [5.74, 6) is 0. The molecule has 0 aromatic rings. The normalized spacial score (nSPS) is 9.71. The Hall–Kier alpha value is 0.739. The molecule has 0 N–H and O–H groups in total. The Morgan fingerprint density at radius 1 is 1.57 bits per heavy atom. The summed E-state index contributed by atoms with van der Waals surface area (Å²) in [6.07, 6.45) is 0. The van der Waals surface area contributed by atoms with Crippen LogP contribution in [0.5, 0.6) is 0 Å². The fourth-order valence-electron chi connectivity index (χ4n) is 0.332. The summed E-state index contributed by atoms with van der Waals surface area (Å²) in [7, 11) is 0. The second-order valence-electron chi connectivity index (χ2n) is 1.66. The van der Waals surface area contributed by atoms with Crippen LogP contribution in [0, 0.1) is 0 Å². The summed E-state index contributed by atoms with van der Waals surface area (Å²) in [6, 6.07) is 0. The van der Waals surface area contributed by atoms with Crippen LogP contribution in [-0.2, 0) is 0 Å². The van der Waals surface area contributed by atoms with Crippen molar-refractivity contribution in [1.82, 2.24) is 0 Å². The summed E-state index contributed by atoms with van der Waals surface area (Å²) >= 11 is 4.82. The molecular weight excluding hydrogens is 171 g/mol. The number of thioether (sulfide) groups is 1. The summed E-state index contributed by atoms with van der Waals surface area (Å²) in [6.45, 7) is 6.46. The first-order valence-corrected chi connectivity index (χ1v) is 4.03. The van der Waals surface area contributed by atoms with E-state index in [0.717, 1.165) is 5.25 Å². The molecule has 0 aliphatic rings. The van der Waals surface area contributed by atoms with Crippen LogP contribution in [0.15, 0.2) is 0 Å². The molecule has 0 aromatic carbocycles. The van der Waals surface area contributed by atoms with Crippen LogP contribution in [0.25, 0.3) is 0 Å². The topological polar surface area (TPSA) is 0 Å². The molecule has 0 saturated heterocycles. The molecule has 0 fully saturated rings. The van der Waals surface area contributed by atoms with Gasteiger partial charge in [-0.15, -0.1) is 0 Å². The number of rotatable bonds is 2. The fourth-order valence-corrected chi connectivity index (χ4v) is 2.21. The van der Waals surface area contributed by atoms with Crippen molar-refractivity contribution in [2.24, 2.45) is 0 Å². The van der Waals surface area contributed by atoms with E-state index in [0.29, 0.717) is 0 Å². The summed E-state index contributed by atoms with van der Waals surface area (Å²) in [5, 5.41) is 0.723. The van der Waals surface area contributed by atoms with Gasteiger partial charge in [-0.2, -0.15) is 0 Å². The van der Waals surface area contributed by atoms with Gasteiger partial charge in [0.2, 0.25) is 0 Å². The first-order chi connectivity index (χ1) is 3.13. The molecule has 0 atom stereocenters. The van der Waals surface area contributed by atoms with Gasteiger partial charge in [0.15, 0.2) is 0 Å². The van der Waals surface area contributed by atoms with Gasteiger partial charge in [-0.25, -0.2) is 0 Å². The van der Waals surface area contributed by atoms with Crippen molar-refractivity contribution in [2.75, 3.05) is 0 Å². The van der Waals surface area contributed by atoms with E-state index in [1.807, 2.05) is 11.8 Å². The zero-order valence-electron chi connectivity index (χ0n) is 4.89. The van der Waals surface area contributed by atoms with Gasteiger partial charge >= 0.3 is 57.1 Å². The van der Waals surface area contributed by atoms with Crippen LogP contribution in [0.4, 0.5) is 0 Å². The molecule has 0 radical (unpaired) electrons. The number of hydrogen-bond acceptors (Lipinski definition) is 1. The predicted molar refractivity (Wildman–Crippen MR) is 39.2 cm³/mol. The average Bonchev–Trinajstić information content (AvgIpc) is 1.27. The summed E-state index contributed by atoms with van der Waals surface area (Å²) < 4.78 is 1.33. The fraction of sp³-hybridized carbons (Fsp3) is 0.800. The molecule has 0 aliphatic carbocycles. The Kier molecular flexibility index (Phi) is 4.10. The maximum absolute atomic E-state index is 2.95. The van der Waals surface area contributed by atoms with E-state index in [1.54, 1.807) is 0 Å². The zero-order chi connectivity index (χ0) is 5.86. The van der Waals surface area contributed by atoms with Gasteiger partial charge < -0.3 is 0 Å². The Bertz CT molecular complexity index is 68.5. The van der Waals surface area contributed by atoms with Gasteiger partial charge in [0, 0.05) is 0 Å². The molecule has 0 amide bonds. The minimum atomic E-state index is 0.723. The third-order valence-electron chi connectivity index (χ3n) is 0.402. The molecule has 2 heteroatoms. The third kappa shape index (κ3) is 6.74. The van der Waals surface area contributed by atoms with Gasteiger partial charge in [-0.3, -0.25) is 0 Å². The molecule has 0 spiro atoms. The van der Waals surface area contributed by atoms with Crippen molar-refractivity contribution in [1.29, 1.82) is 0 Å². The van der Waals surface area contributed by atoms with E-state index in [9.17, 15) is 0 Å². The van der Waals surface area contributed by atoms with Crippen molar-refractivity contribution in [3.05, 3.63) is 0 Å². The van der Waals surface area contributed by atoms with E-state index in [1.165, 1.54) is 3.75 Å². The molecule has 0 aliphatic heterocycles. The second kappa shape index (κ2) is 3.71. The van der Waals surface area contributed by atoms with Crippen LogP contribution < -0.4 is 0 Å². The van der Waals surface area contributed by atoms with Gasteiger partial charge in [0.1, 0.15) is 0 Å². The SMILES string of the molecule is CC(=[Se])SC(C)C. The number of hydrogen-bond donors (Lipinski definition) is 0. The van der Waals surface area contributed by atoms with Gasteiger partial charge in [-0.05, 0) is 0 Å². The second-order valence-corrected chi connectivity index (χ2v) is 5.32. The van der Waals surface area contributed by atoms with E-state index in [4.69, 9.17) is 0 Å². The molecular formula is C5H10SSe. The van der Waals surface area contributed by atoms with Crippen LogP contribution in [0.2, 0.25) is 0 Å². The van der Waals surface area contributed by atoms with E-state index >= 15 is 0 Å². The van der Waals surface area contributed by atoms with Gasteiger partial charge in [0.05, 0.1) is 0 Å². The Morgan fingerprint density at radius 2 is 2.00 bits per heavy atom. The molecule has 0 nitrogen and oxygen atoms in total. The van der Waals surface area contributed by atoms with Crippen LogP contribution >= 0.6 is 11.8 Å². The molecule has 42 valence electrons. The van der Waals surface area contributed by atoms with Gasteiger partial charge in [-0.1, -0.05) is 0 Å². The zero-order valence-corrected chi connectivity index (χ0v) is 7.42. The van der Waals surface area contributed by atoms with Gasteiger partial charge in [0.25, 0.3) is 0 Å². The Balaban J connectivity index is 3.13. The summed E-state index contributed by atoms with van der Waals surface area (Å²) in [5.41, 5.74) is 0. The maximum atomic E-state index is 2.95. The first kappa shape index (κ1) is 7.74. The molecule has 0 bridgehead atoms. The van der Waals surface area contributed by atoms with E-state index in [2.05, 4.69) is 36.3 Å². The molecule has 7 heavy (non-hydrogen) atoms. The van der Waals surface area contributed by atoms with E-state index in [-0.39, 0.29) is 0 Å². The average molecular weight is 181 g/mol. The van der Waals surface area contributed by atoms with Crippen LogP contribution in [0.1, 0.15) is 20.8 Å². The Labute approximate surface area is 57.4 Å². The molecule has 0 unspecified atom stereocenters. The van der Waals surface area contributed by atoms with Crippen molar-refractivity contribution in [2.45, 2.75) is 26.0 Å². The summed E-state index contributed by atoms with van der Waals surface area (Å²) in [4.78, 5) is 0. The predicted octanol–water partition coefficient (Wildman–Crippen LogP) is 1.45. The minimum absolute atomic E-state index is 0.723. The molecule has 0 aromatic heterocycles. The monoisotopic (exact) mass is 182 g/mol. The van der Waals surface area contributed by atoms with E-state index < -0.39 is 0 Å². The van der Waals surface area contributed by atoms with Crippen molar-refractivity contribution in [3.8, 4) is 0 Å².